The third-order valence-corrected chi connectivity index (χ3v) is 4.27. The highest BCUT2D eigenvalue weighted by Gasteiger charge is 2.16. The monoisotopic (exact) mass is 389 g/mol. The average molecular weight is 389 g/mol. The quantitative estimate of drug-likeness (QED) is 0.550. The first-order chi connectivity index (χ1) is 14.0. The molecule has 0 radical (unpaired) electrons. The van der Waals surface area contributed by atoms with Crippen molar-refractivity contribution in [3.8, 4) is 11.5 Å². The number of amides is 1. The van der Waals surface area contributed by atoms with E-state index < -0.39 is 11.9 Å². The van der Waals surface area contributed by atoms with Crippen molar-refractivity contribution >= 4 is 17.6 Å². The number of hydrogen-bond donors (Lipinski definition) is 1. The molecule has 0 saturated heterocycles. The predicted octanol–water partition coefficient (Wildman–Crippen LogP) is 5.40. The highest BCUT2D eigenvalue weighted by atomic mass is 16.5. The van der Waals surface area contributed by atoms with Gasteiger partial charge in [0.05, 0.1) is 0 Å². The van der Waals surface area contributed by atoms with Crippen LogP contribution in [0.15, 0.2) is 78.9 Å². The maximum absolute atomic E-state index is 12.4. The van der Waals surface area contributed by atoms with Gasteiger partial charge in [-0.3, -0.25) is 4.79 Å². The fourth-order valence-electron chi connectivity index (χ4n) is 2.70. The Balaban J connectivity index is 1.58. The lowest BCUT2D eigenvalue weighted by atomic mass is 10.0. The van der Waals surface area contributed by atoms with Crippen LogP contribution in [0.4, 0.5) is 5.69 Å². The highest BCUT2D eigenvalue weighted by molar-refractivity contribution is 5.96. The lowest BCUT2D eigenvalue weighted by Gasteiger charge is -2.11. The van der Waals surface area contributed by atoms with E-state index in [0.29, 0.717) is 23.1 Å². The second-order valence-electron chi connectivity index (χ2n) is 6.81. The maximum atomic E-state index is 12.4. The van der Waals surface area contributed by atoms with Crippen molar-refractivity contribution in [2.24, 2.45) is 0 Å². The number of nitrogens with one attached hydrogen (secondary N) is 1. The Hall–Kier alpha value is -3.60. The molecule has 0 aromatic heterocycles. The first kappa shape index (κ1) is 20.1. The van der Waals surface area contributed by atoms with Gasteiger partial charge < -0.3 is 14.8 Å². The molecule has 1 N–H and O–H groups in total. The summed E-state index contributed by atoms with van der Waals surface area (Å²) in [7, 11) is 0. The zero-order chi connectivity index (χ0) is 20.6. The standard InChI is InChI=1S/C24H23NO4/c1-17(2)18-12-14-19(15-13-18)25-23(26)16-28-24(27)21-10-6-7-11-22(21)29-20-8-4-3-5-9-20/h3-15,17H,16H2,1-2H3,(H,25,26). The van der Waals surface area contributed by atoms with E-state index in [0.717, 1.165) is 0 Å². The van der Waals surface area contributed by atoms with Crippen LogP contribution in [-0.4, -0.2) is 18.5 Å². The van der Waals surface area contributed by atoms with E-state index in [9.17, 15) is 9.59 Å². The first-order valence-corrected chi connectivity index (χ1v) is 9.42. The molecule has 5 heteroatoms. The van der Waals surface area contributed by atoms with E-state index in [1.165, 1.54) is 5.56 Å². The van der Waals surface area contributed by atoms with Crippen LogP contribution in [0.3, 0.4) is 0 Å². The molecule has 0 fully saturated rings. The second-order valence-corrected chi connectivity index (χ2v) is 6.81. The van der Waals surface area contributed by atoms with E-state index in [1.807, 2.05) is 42.5 Å². The fraction of sp³-hybridized carbons (Fsp3) is 0.167. The SMILES string of the molecule is CC(C)c1ccc(NC(=O)COC(=O)c2ccccc2Oc2ccccc2)cc1. The lowest BCUT2D eigenvalue weighted by Crippen LogP contribution is -2.21. The summed E-state index contributed by atoms with van der Waals surface area (Å²) < 4.78 is 10.9. The number of para-hydroxylation sites is 2. The van der Waals surface area contributed by atoms with Gasteiger partial charge in [0.2, 0.25) is 0 Å². The maximum Gasteiger partial charge on any atom is 0.342 e. The second kappa shape index (κ2) is 9.55. The number of ether oxygens (including phenoxy) is 2. The number of rotatable bonds is 7. The van der Waals surface area contributed by atoms with Crippen LogP contribution in [0.2, 0.25) is 0 Å². The summed E-state index contributed by atoms with van der Waals surface area (Å²) in [5.74, 6) is 0.363. The molecular formula is C24H23NO4. The number of carbonyl (C=O) groups excluding carboxylic acids is 2. The Morgan fingerprint density at radius 2 is 1.52 bits per heavy atom. The van der Waals surface area contributed by atoms with Crippen LogP contribution in [0.5, 0.6) is 11.5 Å². The third-order valence-electron chi connectivity index (χ3n) is 4.27. The van der Waals surface area contributed by atoms with Crippen molar-refractivity contribution in [2.75, 3.05) is 11.9 Å². The molecule has 0 saturated carbocycles. The first-order valence-electron chi connectivity index (χ1n) is 9.42. The minimum atomic E-state index is -0.623. The molecule has 0 aliphatic rings. The van der Waals surface area contributed by atoms with E-state index in [-0.39, 0.29) is 12.2 Å². The molecule has 3 rings (SSSR count). The molecule has 0 bridgehead atoms. The Morgan fingerprint density at radius 1 is 0.862 bits per heavy atom. The number of hydrogen-bond acceptors (Lipinski definition) is 4. The van der Waals surface area contributed by atoms with Crippen LogP contribution >= 0.6 is 0 Å². The van der Waals surface area contributed by atoms with Crippen LogP contribution in [0, 0.1) is 0 Å². The fourth-order valence-corrected chi connectivity index (χ4v) is 2.70. The molecule has 0 unspecified atom stereocenters. The summed E-state index contributed by atoms with van der Waals surface area (Å²) in [5, 5.41) is 2.72. The van der Waals surface area contributed by atoms with Crippen LogP contribution in [0.25, 0.3) is 0 Å². The Morgan fingerprint density at radius 3 is 2.21 bits per heavy atom. The van der Waals surface area contributed by atoms with Crippen molar-refractivity contribution in [2.45, 2.75) is 19.8 Å². The van der Waals surface area contributed by atoms with Crippen LogP contribution in [-0.2, 0) is 9.53 Å². The van der Waals surface area contributed by atoms with Gasteiger partial charge in [-0.1, -0.05) is 56.3 Å². The largest absolute Gasteiger partial charge is 0.456 e. The molecule has 0 heterocycles. The molecule has 0 aliphatic heterocycles. The van der Waals surface area contributed by atoms with Crippen LogP contribution in [0.1, 0.15) is 35.7 Å². The summed E-state index contributed by atoms with van der Waals surface area (Å²) in [5.41, 5.74) is 2.10. The van der Waals surface area contributed by atoms with Gasteiger partial charge >= 0.3 is 5.97 Å². The molecule has 0 spiro atoms. The summed E-state index contributed by atoms with van der Waals surface area (Å²) in [4.78, 5) is 24.6. The summed E-state index contributed by atoms with van der Waals surface area (Å²) in [6.45, 7) is 3.82. The van der Waals surface area contributed by atoms with Crippen molar-refractivity contribution in [3.05, 3.63) is 90.0 Å². The van der Waals surface area contributed by atoms with Crippen LogP contribution < -0.4 is 10.1 Å². The van der Waals surface area contributed by atoms with Crippen molar-refractivity contribution in [1.29, 1.82) is 0 Å². The van der Waals surface area contributed by atoms with E-state index in [4.69, 9.17) is 9.47 Å². The topological polar surface area (TPSA) is 64.6 Å². The van der Waals surface area contributed by atoms with Gasteiger partial charge in [0.25, 0.3) is 5.91 Å². The van der Waals surface area contributed by atoms with Gasteiger partial charge in [0, 0.05) is 5.69 Å². The Labute approximate surface area is 170 Å². The highest BCUT2D eigenvalue weighted by Crippen LogP contribution is 2.25. The minimum Gasteiger partial charge on any atom is -0.456 e. The zero-order valence-electron chi connectivity index (χ0n) is 16.4. The summed E-state index contributed by atoms with van der Waals surface area (Å²) >= 11 is 0. The molecule has 5 nitrogen and oxygen atoms in total. The molecule has 148 valence electrons. The van der Waals surface area contributed by atoms with E-state index >= 15 is 0 Å². The molecular weight excluding hydrogens is 366 g/mol. The van der Waals surface area contributed by atoms with Gasteiger partial charge in [-0.15, -0.1) is 0 Å². The van der Waals surface area contributed by atoms with Gasteiger partial charge in [-0.05, 0) is 47.9 Å². The third kappa shape index (κ3) is 5.69. The molecule has 0 aliphatic carbocycles. The molecule has 0 atom stereocenters. The molecule has 3 aromatic rings. The van der Waals surface area contributed by atoms with Gasteiger partial charge in [-0.2, -0.15) is 0 Å². The number of esters is 1. The minimum absolute atomic E-state index is 0.255. The van der Waals surface area contributed by atoms with Gasteiger partial charge in [0.1, 0.15) is 17.1 Å². The van der Waals surface area contributed by atoms with Crippen molar-refractivity contribution < 1.29 is 19.1 Å². The van der Waals surface area contributed by atoms with E-state index in [2.05, 4.69) is 19.2 Å². The van der Waals surface area contributed by atoms with Crippen molar-refractivity contribution in [1.82, 2.24) is 0 Å². The van der Waals surface area contributed by atoms with E-state index in [1.54, 1.807) is 36.4 Å². The lowest BCUT2D eigenvalue weighted by molar-refractivity contribution is -0.119. The Kier molecular flexibility index (Phi) is 6.63. The summed E-state index contributed by atoms with van der Waals surface area (Å²) in [6.07, 6.45) is 0. The Bertz CT molecular complexity index is 966. The molecule has 29 heavy (non-hydrogen) atoms. The number of carbonyl (C=O) groups is 2. The van der Waals surface area contributed by atoms with Gasteiger partial charge in [0.15, 0.2) is 6.61 Å². The normalized spacial score (nSPS) is 10.4. The number of anilines is 1. The average Bonchev–Trinajstić information content (AvgIpc) is 2.73. The van der Waals surface area contributed by atoms with Crippen molar-refractivity contribution in [3.63, 3.8) is 0 Å². The predicted molar refractivity (Wildman–Crippen MR) is 112 cm³/mol. The number of benzene rings is 3. The van der Waals surface area contributed by atoms with Gasteiger partial charge in [-0.25, -0.2) is 4.79 Å². The molecule has 3 aromatic carbocycles. The summed E-state index contributed by atoms with van der Waals surface area (Å²) in [6, 6.07) is 23.5. The smallest absolute Gasteiger partial charge is 0.342 e. The molecule has 1 amide bonds. The zero-order valence-corrected chi connectivity index (χ0v) is 16.4.